The van der Waals surface area contributed by atoms with Gasteiger partial charge in [-0.2, -0.15) is 0 Å². The Morgan fingerprint density at radius 3 is 3.00 bits per heavy atom. The summed E-state index contributed by atoms with van der Waals surface area (Å²) in [6.07, 6.45) is 6.48. The summed E-state index contributed by atoms with van der Waals surface area (Å²) < 4.78 is 0. The van der Waals surface area contributed by atoms with E-state index in [4.69, 9.17) is 5.73 Å². The molecular weight excluding hydrogens is 240 g/mol. The van der Waals surface area contributed by atoms with Gasteiger partial charge in [0.15, 0.2) is 0 Å². The molecule has 0 saturated heterocycles. The van der Waals surface area contributed by atoms with Crippen molar-refractivity contribution in [1.29, 1.82) is 0 Å². The third-order valence-corrected chi connectivity index (χ3v) is 3.38. The number of hydrogen-bond acceptors (Lipinski definition) is 2. The van der Waals surface area contributed by atoms with E-state index in [0.29, 0.717) is 10.6 Å². The Morgan fingerprint density at radius 1 is 1.57 bits per heavy atom. The number of rotatable bonds is 5. The van der Waals surface area contributed by atoms with Crippen molar-refractivity contribution in [3.63, 3.8) is 0 Å². The van der Waals surface area contributed by atoms with E-state index in [1.807, 2.05) is 12.1 Å². The van der Waals surface area contributed by atoms with Crippen LogP contribution >= 0.6 is 15.9 Å². The minimum atomic E-state index is 0.619. The van der Waals surface area contributed by atoms with Crippen molar-refractivity contribution in [1.82, 2.24) is 4.98 Å². The molecule has 0 saturated carbocycles. The number of hydrogen-bond donors (Lipinski definition) is 1. The van der Waals surface area contributed by atoms with Crippen molar-refractivity contribution < 1.29 is 0 Å². The first-order valence-corrected chi connectivity index (χ1v) is 5.98. The molecule has 1 unspecified atom stereocenters. The van der Waals surface area contributed by atoms with Crippen LogP contribution in [0.2, 0.25) is 0 Å². The Balaban J connectivity index is 2.31. The Morgan fingerprint density at radius 2 is 2.36 bits per heavy atom. The molecule has 3 heteroatoms. The van der Waals surface area contributed by atoms with Gasteiger partial charge in [0.25, 0.3) is 0 Å². The highest BCUT2D eigenvalue weighted by molar-refractivity contribution is 9.09. The fourth-order valence-electron chi connectivity index (χ4n) is 1.38. The van der Waals surface area contributed by atoms with Crippen LogP contribution < -0.4 is 5.73 Å². The van der Waals surface area contributed by atoms with E-state index in [1.54, 1.807) is 6.20 Å². The zero-order valence-electron chi connectivity index (χ0n) is 8.54. The van der Waals surface area contributed by atoms with Crippen molar-refractivity contribution in [3.8, 4) is 0 Å². The molecule has 2 nitrogen and oxygen atoms in total. The molecule has 0 amide bonds. The molecule has 0 aliphatic carbocycles. The maximum atomic E-state index is 5.60. The van der Waals surface area contributed by atoms with Crippen LogP contribution in [0.1, 0.15) is 31.7 Å². The quantitative estimate of drug-likeness (QED) is 0.823. The Labute approximate surface area is 94.0 Å². The van der Waals surface area contributed by atoms with Gasteiger partial charge in [0.05, 0.1) is 0 Å². The molecule has 0 radical (unpaired) electrons. The number of pyridine rings is 1. The van der Waals surface area contributed by atoms with Gasteiger partial charge in [-0.05, 0) is 43.4 Å². The number of aromatic nitrogens is 1. The van der Waals surface area contributed by atoms with Crippen molar-refractivity contribution >= 4 is 21.7 Å². The normalized spacial score (nSPS) is 12.7. The molecule has 1 aromatic heterocycles. The second-order valence-corrected chi connectivity index (χ2v) is 4.78. The molecule has 0 spiro atoms. The molecule has 1 rings (SSSR count). The van der Waals surface area contributed by atoms with Crippen LogP contribution in [0.4, 0.5) is 5.82 Å². The van der Waals surface area contributed by atoms with Gasteiger partial charge in [0, 0.05) is 11.0 Å². The minimum absolute atomic E-state index is 0.619. The average molecular weight is 257 g/mol. The number of nitrogen functional groups attached to an aromatic ring is 1. The number of nitrogens with two attached hydrogens (primary N) is 1. The highest BCUT2D eigenvalue weighted by atomic mass is 79.9. The zero-order valence-corrected chi connectivity index (χ0v) is 10.1. The van der Waals surface area contributed by atoms with Gasteiger partial charge in [-0.1, -0.05) is 22.9 Å². The van der Waals surface area contributed by atoms with Crippen LogP contribution in [-0.2, 0) is 6.42 Å². The smallest absolute Gasteiger partial charge is 0.123 e. The fraction of sp³-hybridized carbons (Fsp3) is 0.545. The predicted octanol–water partition coefficient (Wildman–Crippen LogP) is 3.16. The number of halogens is 1. The molecule has 1 atom stereocenters. The van der Waals surface area contributed by atoms with Crippen LogP contribution in [-0.4, -0.2) is 9.81 Å². The molecule has 0 aliphatic rings. The summed E-state index contributed by atoms with van der Waals surface area (Å²) in [6.45, 7) is 2.20. The summed E-state index contributed by atoms with van der Waals surface area (Å²) in [5, 5.41) is 0. The van der Waals surface area contributed by atoms with Crippen LogP contribution in [0.25, 0.3) is 0 Å². The third kappa shape index (κ3) is 4.09. The summed E-state index contributed by atoms with van der Waals surface area (Å²) >= 11 is 3.63. The molecule has 0 aliphatic heterocycles. The van der Waals surface area contributed by atoms with E-state index in [-0.39, 0.29) is 0 Å². The lowest BCUT2D eigenvalue weighted by Crippen LogP contribution is -1.97. The first-order chi connectivity index (χ1) is 6.72. The van der Waals surface area contributed by atoms with E-state index in [9.17, 15) is 0 Å². The number of aryl methyl sites for hydroxylation is 1. The van der Waals surface area contributed by atoms with Gasteiger partial charge in [0.1, 0.15) is 5.82 Å². The van der Waals surface area contributed by atoms with Gasteiger partial charge in [-0.15, -0.1) is 0 Å². The van der Waals surface area contributed by atoms with Gasteiger partial charge in [0.2, 0.25) is 0 Å². The number of anilines is 1. The second kappa shape index (κ2) is 6.02. The van der Waals surface area contributed by atoms with Crippen LogP contribution in [0.3, 0.4) is 0 Å². The highest BCUT2D eigenvalue weighted by Crippen LogP contribution is 2.14. The molecule has 0 aromatic carbocycles. The standard InChI is InChI=1S/C11H17BrN2/c1-2-10(12)5-3-4-9-6-7-14-11(13)8-9/h6-8,10H,2-5H2,1H3,(H2,13,14). The summed E-state index contributed by atoms with van der Waals surface area (Å²) in [5.41, 5.74) is 6.88. The minimum Gasteiger partial charge on any atom is -0.384 e. The number of nitrogens with zero attached hydrogens (tertiary/aromatic N) is 1. The van der Waals surface area contributed by atoms with Crippen LogP contribution in [0.5, 0.6) is 0 Å². The average Bonchev–Trinajstić information content (AvgIpc) is 2.17. The summed E-state index contributed by atoms with van der Waals surface area (Å²) in [6, 6.07) is 3.99. The molecular formula is C11H17BrN2. The van der Waals surface area contributed by atoms with Crippen molar-refractivity contribution in [2.75, 3.05) is 5.73 Å². The summed E-state index contributed by atoms with van der Waals surface area (Å²) in [4.78, 5) is 4.62. The Bertz CT molecular complexity index is 276. The van der Waals surface area contributed by atoms with Gasteiger partial charge in [-0.3, -0.25) is 0 Å². The fourth-order valence-corrected chi connectivity index (χ4v) is 1.71. The van der Waals surface area contributed by atoms with Crippen molar-refractivity contribution in [3.05, 3.63) is 23.9 Å². The lowest BCUT2D eigenvalue weighted by atomic mass is 10.1. The highest BCUT2D eigenvalue weighted by Gasteiger charge is 2.01. The van der Waals surface area contributed by atoms with E-state index < -0.39 is 0 Å². The van der Waals surface area contributed by atoms with Gasteiger partial charge < -0.3 is 5.73 Å². The van der Waals surface area contributed by atoms with Gasteiger partial charge in [-0.25, -0.2) is 4.98 Å². The SMILES string of the molecule is CCC(Br)CCCc1ccnc(N)c1. The van der Waals surface area contributed by atoms with Crippen molar-refractivity contribution in [2.45, 2.75) is 37.4 Å². The molecule has 78 valence electrons. The molecule has 0 bridgehead atoms. The molecule has 14 heavy (non-hydrogen) atoms. The molecule has 2 N–H and O–H groups in total. The van der Waals surface area contributed by atoms with E-state index in [2.05, 4.69) is 27.8 Å². The van der Waals surface area contributed by atoms with E-state index in [1.165, 1.54) is 24.8 Å². The molecule has 1 heterocycles. The first kappa shape index (κ1) is 11.5. The van der Waals surface area contributed by atoms with Gasteiger partial charge >= 0.3 is 0 Å². The molecule has 0 fully saturated rings. The second-order valence-electron chi connectivity index (χ2n) is 3.49. The monoisotopic (exact) mass is 256 g/mol. The first-order valence-electron chi connectivity index (χ1n) is 5.07. The van der Waals surface area contributed by atoms with Crippen molar-refractivity contribution in [2.24, 2.45) is 0 Å². The Hall–Kier alpha value is -0.570. The van der Waals surface area contributed by atoms with Crippen LogP contribution in [0, 0.1) is 0 Å². The zero-order chi connectivity index (χ0) is 10.4. The van der Waals surface area contributed by atoms with Crippen LogP contribution in [0.15, 0.2) is 18.3 Å². The topological polar surface area (TPSA) is 38.9 Å². The molecule has 1 aromatic rings. The Kier molecular flexibility index (Phi) is 4.94. The summed E-state index contributed by atoms with van der Waals surface area (Å²) in [7, 11) is 0. The summed E-state index contributed by atoms with van der Waals surface area (Å²) in [5.74, 6) is 0.619. The lowest BCUT2D eigenvalue weighted by Gasteiger charge is -2.06. The lowest BCUT2D eigenvalue weighted by molar-refractivity contribution is 0.689. The largest absolute Gasteiger partial charge is 0.384 e. The number of alkyl halides is 1. The van der Waals surface area contributed by atoms with E-state index >= 15 is 0 Å². The predicted molar refractivity (Wildman–Crippen MR) is 64.6 cm³/mol. The maximum absolute atomic E-state index is 5.60. The third-order valence-electron chi connectivity index (χ3n) is 2.27. The van der Waals surface area contributed by atoms with E-state index in [0.717, 1.165) is 6.42 Å². The maximum Gasteiger partial charge on any atom is 0.123 e.